The molecule has 0 amide bonds. The van der Waals surface area contributed by atoms with Crippen molar-refractivity contribution in [1.29, 1.82) is 5.41 Å². The van der Waals surface area contributed by atoms with E-state index >= 15 is 0 Å². The van der Waals surface area contributed by atoms with Gasteiger partial charge in [-0.2, -0.15) is 0 Å². The molecule has 22 heavy (non-hydrogen) atoms. The van der Waals surface area contributed by atoms with Crippen LogP contribution >= 0.6 is 0 Å². The van der Waals surface area contributed by atoms with Gasteiger partial charge in [0.1, 0.15) is 0 Å². The molecule has 3 atom stereocenters. The summed E-state index contributed by atoms with van der Waals surface area (Å²) in [6.45, 7) is 6.81. The number of rotatable bonds is 1. The summed E-state index contributed by atoms with van der Waals surface area (Å²) in [6.07, 6.45) is 17.3. The average molecular weight is 293 g/mol. The number of hydrogen-bond donors (Lipinski definition) is 1. The molecule has 4 rings (SSSR count). The van der Waals surface area contributed by atoms with Crippen LogP contribution < -0.4 is 0 Å². The lowest BCUT2D eigenvalue weighted by molar-refractivity contribution is 0.171. The molecule has 2 saturated carbocycles. The molecule has 2 fully saturated rings. The molecule has 0 aromatic rings. The zero-order chi connectivity index (χ0) is 15.5. The molecule has 1 N–H and O–H groups in total. The normalized spacial score (nSPS) is 39.7. The van der Waals surface area contributed by atoms with Gasteiger partial charge in [-0.25, -0.2) is 0 Å². The van der Waals surface area contributed by atoms with Gasteiger partial charge in [-0.1, -0.05) is 50.1 Å². The molecule has 0 saturated heterocycles. The van der Waals surface area contributed by atoms with Crippen molar-refractivity contribution in [2.45, 2.75) is 59.3 Å². The van der Waals surface area contributed by atoms with Crippen LogP contribution in [-0.4, -0.2) is 5.71 Å². The third-order valence-electron chi connectivity index (χ3n) is 6.99. The maximum atomic E-state index is 8.12. The molecule has 0 aromatic heterocycles. The lowest BCUT2D eigenvalue weighted by Crippen LogP contribution is -2.41. The molecule has 0 bridgehead atoms. The minimum Gasteiger partial charge on any atom is -0.305 e. The van der Waals surface area contributed by atoms with Crippen molar-refractivity contribution in [1.82, 2.24) is 0 Å². The summed E-state index contributed by atoms with van der Waals surface area (Å²) in [6, 6.07) is 0. The molecule has 0 spiro atoms. The standard InChI is InChI=1S/C21H27N/c1-14(22)17-9-10-18-16-8-7-15-6-4-5-12-20(15,2)19(16)11-13-21(17,18)3/h7-10,19,22H,4-6,11-13H2,1-3H3/t19-,20-,21+/m0/s1. The lowest BCUT2D eigenvalue weighted by atomic mass is 9.52. The average Bonchev–Trinajstić information content (AvgIpc) is 2.84. The van der Waals surface area contributed by atoms with E-state index in [-0.39, 0.29) is 5.41 Å². The Morgan fingerprint density at radius 2 is 1.91 bits per heavy atom. The highest BCUT2D eigenvalue weighted by molar-refractivity contribution is 5.99. The quantitative estimate of drug-likeness (QED) is 0.595. The number of allylic oxidation sites excluding steroid dienone is 8. The Morgan fingerprint density at radius 1 is 1.09 bits per heavy atom. The summed E-state index contributed by atoms with van der Waals surface area (Å²) in [4.78, 5) is 0. The van der Waals surface area contributed by atoms with Gasteiger partial charge in [-0.05, 0) is 67.1 Å². The van der Waals surface area contributed by atoms with Gasteiger partial charge >= 0.3 is 0 Å². The Morgan fingerprint density at radius 3 is 2.68 bits per heavy atom. The maximum absolute atomic E-state index is 8.12. The molecule has 4 aliphatic carbocycles. The second-order valence-corrected chi connectivity index (χ2v) is 8.15. The minimum atomic E-state index is 0.0878. The van der Waals surface area contributed by atoms with E-state index in [4.69, 9.17) is 5.41 Å². The van der Waals surface area contributed by atoms with Crippen molar-refractivity contribution in [3.63, 3.8) is 0 Å². The van der Waals surface area contributed by atoms with Gasteiger partial charge in [0.2, 0.25) is 0 Å². The van der Waals surface area contributed by atoms with Crippen molar-refractivity contribution in [2.75, 3.05) is 0 Å². The van der Waals surface area contributed by atoms with Crippen LogP contribution in [0.3, 0.4) is 0 Å². The summed E-state index contributed by atoms with van der Waals surface area (Å²) >= 11 is 0. The fourth-order valence-corrected chi connectivity index (χ4v) is 5.66. The minimum absolute atomic E-state index is 0.0878. The molecule has 0 aliphatic heterocycles. The van der Waals surface area contributed by atoms with Crippen molar-refractivity contribution < 1.29 is 0 Å². The van der Waals surface area contributed by atoms with E-state index in [0.717, 1.165) is 5.71 Å². The number of nitrogens with one attached hydrogen (secondary N) is 1. The third kappa shape index (κ3) is 1.68. The Labute approximate surface area is 134 Å². The molecule has 0 radical (unpaired) electrons. The lowest BCUT2D eigenvalue weighted by Gasteiger charge is -2.52. The zero-order valence-electron chi connectivity index (χ0n) is 14.1. The van der Waals surface area contributed by atoms with Crippen molar-refractivity contribution in [2.24, 2.45) is 16.7 Å². The van der Waals surface area contributed by atoms with E-state index in [1.165, 1.54) is 49.7 Å². The first-order valence-corrected chi connectivity index (χ1v) is 8.87. The maximum Gasteiger partial charge on any atom is 0.0323 e. The summed E-state index contributed by atoms with van der Waals surface area (Å²) in [5.41, 5.74) is 7.25. The molecule has 116 valence electrons. The summed E-state index contributed by atoms with van der Waals surface area (Å²) in [7, 11) is 0. The Kier molecular flexibility index (Phi) is 2.95. The van der Waals surface area contributed by atoms with Crippen LogP contribution in [0.1, 0.15) is 59.3 Å². The van der Waals surface area contributed by atoms with E-state index in [1.54, 1.807) is 11.1 Å². The molecule has 1 heteroatoms. The second-order valence-electron chi connectivity index (χ2n) is 8.15. The van der Waals surface area contributed by atoms with Crippen LogP contribution in [-0.2, 0) is 0 Å². The molecule has 4 aliphatic rings. The molecular formula is C21H27N. The van der Waals surface area contributed by atoms with Gasteiger partial charge in [0, 0.05) is 11.1 Å². The van der Waals surface area contributed by atoms with E-state index in [9.17, 15) is 0 Å². The third-order valence-corrected chi connectivity index (χ3v) is 6.99. The van der Waals surface area contributed by atoms with Gasteiger partial charge in [-0.15, -0.1) is 0 Å². The molecule has 0 unspecified atom stereocenters. The predicted molar refractivity (Wildman–Crippen MR) is 93.1 cm³/mol. The monoisotopic (exact) mass is 293 g/mol. The smallest absolute Gasteiger partial charge is 0.0323 e. The van der Waals surface area contributed by atoms with Gasteiger partial charge < -0.3 is 5.41 Å². The van der Waals surface area contributed by atoms with Gasteiger partial charge in [-0.3, -0.25) is 0 Å². The zero-order valence-corrected chi connectivity index (χ0v) is 14.1. The van der Waals surface area contributed by atoms with Gasteiger partial charge in [0.05, 0.1) is 0 Å². The van der Waals surface area contributed by atoms with Gasteiger partial charge in [0.15, 0.2) is 0 Å². The largest absolute Gasteiger partial charge is 0.305 e. The summed E-state index contributed by atoms with van der Waals surface area (Å²) in [5.74, 6) is 0.700. The van der Waals surface area contributed by atoms with E-state index in [0.29, 0.717) is 11.3 Å². The highest BCUT2D eigenvalue weighted by Gasteiger charge is 2.50. The van der Waals surface area contributed by atoms with Gasteiger partial charge in [0.25, 0.3) is 0 Å². The highest BCUT2D eigenvalue weighted by atomic mass is 14.6. The van der Waals surface area contributed by atoms with Crippen LogP contribution in [0, 0.1) is 22.2 Å². The van der Waals surface area contributed by atoms with Crippen molar-refractivity contribution >= 4 is 5.71 Å². The van der Waals surface area contributed by atoms with E-state index in [2.05, 4.69) is 38.2 Å². The number of hydrogen-bond acceptors (Lipinski definition) is 1. The van der Waals surface area contributed by atoms with E-state index in [1.807, 2.05) is 6.92 Å². The predicted octanol–water partition coefficient (Wildman–Crippen LogP) is 5.76. The van der Waals surface area contributed by atoms with Crippen LogP contribution in [0.5, 0.6) is 0 Å². The first kappa shape index (κ1) is 14.2. The van der Waals surface area contributed by atoms with Crippen molar-refractivity contribution in [3.05, 3.63) is 46.6 Å². The molecule has 0 aromatic carbocycles. The summed E-state index contributed by atoms with van der Waals surface area (Å²) < 4.78 is 0. The number of fused-ring (bicyclic) bond motifs is 5. The van der Waals surface area contributed by atoms with Crippen LogP contribution in [0.25, 0.3) is 0 Å². The highest BCUT2D eigenvalue weighted by Crippen LogP contribution is 2.62. The molecule has 0 heterocycles. The molecule has 1 nitrogen and oxygen atoms in total. The summed E-state index contributed by atoms with van der Waals surface area (Å²) in [5, 5.41) is 8.12. The fourth-order valence-electron chi connectivity index (χ4n) is 5.66. The van der Waals surface area contributed by atoms with Crippen LogP contribution in [0.15, 0.2) is 46.6 Å². The Hall–Kier alpha value is -1.37. The Balaban J connectivity index is 1.78. The van der Waals surface area contributed by atoms with Crippen LogP contribution in [0.2, 0.25) is 0 Å². The van der Waals surface area contributed by atoms with E-state index < -0.39 is 0 Å². The SMILES string of the molecule is CC(=N)C1=CC=C2C3=CC=C4CCCC[C@]4(C)[C@H]3CC[C@]12C. The topological polar surface area (TPSA) is 23.9 Å². The van der Waals surface area contributed by atoms with Crippen molar-refractivity contribution in [3.8, 4) is 0 Å². The van der Waals surface area contributed by atoms with Crippen LogP contribution in [0.4, 0.5) is 0 Å². The fraction of sp³-hybridized carbons (Fsp3) is 0.571. The molecular weight excluding hydrogens is 266 g/mol. The Bertz CT molecular complexity index is 672. The first-order chi connectivity index (χ1) is 10.5. The first-order valence-electron chi connectivity index (χ1n) is 8.87. The second kappa shape index (κ2) is 4.57.